The molecule has 1 aromatic heterocycles. The Morgan fingerprint density at radius 3 is 2.44 bits per heavy atom. The van der Waals surface area contributed by atoms with Crippen LogP contribution in [-0.4, -0.2) is 49.7 Å². The highest BCUT2D eigenvalue weighted by Crippen LogP contribution is 2.26. The average molecular weight is 340 g/mol. The van der Waals surface area contributed by atoms with Crippen LogP contribution in [0.25, 0.3) is 6.08 Å². The van der Waals surface area contributed by atoms with Crippen molar-refractivity contribution in [2.75, 3.05) is 13.1 Å². The van der Waals surface area contributed by atoms with Gasteiger partial charge in [-0.25, -0.2) is 4.79 Å². The molecule has 25 heavy (non-hydrogen) atoms. The van der Waals surface area contributed by atoms with E-state index in [2.05, 4.69) is 10.2 Å². The Morgan fingerprint density at radius 2 is 1.88 bits per heavy atom. The number of rotatable bonds is 4. The molecule has 1 N–H and O–H groups in total. The van der Waals surface area contributed by atoms with E-state index < -0.39 is 5.97 Å². The number of benzene rings is 1. The van der Waals surface area contributed by atoms with Crippen LogP contribution < -0.4 is 0 Å². The van der Waals surface area contributed by atoms with Crippen LogP contribution in [0.2, 0.25) is 0 Å². The van der Waals surface area contributed by atoms with Crippen LogP contribution in [-0.2, 0) is 11.8 Å². The molecular formula is C18H20N4O3. The summed E-state index contributed by atoms with van der Waals surface area (Å²) in [6, 6.07) is 6.43. The molecule has 0 spiro atoms. The number of carbonyl (C=O) groups is 2. The highest BCUT2D eigenvalue weighted by atomic mass is 16.4. The smallest absolute Gasteiger partial charge is 0.335 e. The number of carboxylic acid groups (broad SMARTS) is 1. The monoisotopic (exact) mass is 340 g/mol. The van der Waals surface area contributed by atoms with Crippen molar-refractivity contribution in [1.82, 2.24) is 19.7 Å². The van der Waals surface area contributed by atoms with E-state index in [9.17, 15) is 9.59 Å². The third kappa shape index (κ3) is 3.93. The number of nitrogens with zero attached hydrogens (tertiary/aromatic N) is 4. The maximum atomic E-state index is 12.3. The zero-order valence-electron chi connectivity index (χ0n) is 14.0. The topological polar surface area (TPSA) is 88.3 Å². The first-order valence-electron chi connectivity index (χ1n) is 8.19. The molecule has 1 amide bonds. The van der Waals surface area contributed by atoms with Gasteiger partial charge in [0, 0.05) is 32.1 Å². The number of carboxylic acids is 1. The fraction of sp³-hybridized carbons (Fsp3) is 0.333. The first-order valence-corrected chi connectivity index (χ1v) is 8.19. The molecule has 0 radical (unpaired) electrons. The number of piperidine rings is 1. The van der Waals surface area contributed by atoms with Crippen LogP contribution in [0, 0.1) is 0 Å². The number of aromatic nitrogens is 3. The van der Waals surface area contributed by atoms with Crippen molar-refractivity contribution in [3.05, 3.63) is 53.6 Å². The normalized spacial score (nSPS) is 15.6. The minimum atomic E-state index is -0.961. The van der Waals surface area contributed by atoms with Gasteiger partial charge >= 0.3 is 5.97 Å². The van der Waals surface area contributed by atoms with Crippen molar-refractivity contribution in [2.45, 2.75) is 18.8 Å². The van der Waals surface area contributed by atoms with Gasteiger partial charge in [0.25, 0.3) is 0 Å². The summed E-state index contributed by atoms with van der Waals surface area (Å²) in [4.78, 5) is 25.0. The first kappa shape index (κ1) is 16.9. The number of aryl methyl sites for hydroxylation is 1. The lowest BCUT2D eigenvalue weighted by Crippen LogP contribution is -2.37. The third-order valence-electron chi connectivity index (χ3n) is 4.49. The van der Waals surface area contributed by atoms with Crippen molar-refractivity contribution in [3.63, 3.8) is 0 Å². The van der Waals surface area contributed by atoms with E-state index in [-0.39, 0.29) is 11.5 Å². The van der Waals surface area contributed by atoms with Gasteiger partial charge in [-0.15, -0.1) is 10.2 Å². The van der Waals surface area contributed by atoms with Gasteiger partial charge in [0.05, 0.1) is 5.56 Å². The lowest BCUT2D eigenvalue weighted by molar-refractivity contribution is -0.127. The second-order valence-corrected chi connectivity index (χ2v) is 6.16. The van der Waals surface area contributed by atoms with E-state index in [0.717, 1.165) is 24.2 Å². The minimum absolute atomic E-state index is 0.0290. The van der Waals surface area contributed by atoms with Gasteiger partial charge in [-0.1, -0.05) is 12.1 Å². The average Bonchev–Trinajstić information content (AvgIpc) is 3.06. The largest absolute Gasteiger partial charge is 0.478 e. The molecule has 1 saturated heterocycles. The SMILES string of the molecule is Cn1cnnc1C1CCN(C(=O)/C=C/c2ccc(C(=O)O)cc2)CC1. The molecule has 7 heteroatoms. The van der Waals surface area contributed by atoms with Crippen LogP contribution in [0.5, 0.6) is 0 Å². The highest BCUT2D eigenvalue weighted by molar-refractivity contribution is 5.92. The van der Waals surface area contributed by atoms with Gasteiger partial charge < -0.3 is 14.6 Å². The maximum Gasteiger partial charge on any atom is 0.335 e. The molecule has 3 rings (SSSR count). The molecule has 2 aromatic rings. The minimum Gasteiger partial charge on any atom is -0.478 e. The summed E-state index contributed by atoms with van der Waals surface area (Å²) in [7, 11) is 1.94. The molecule has 0 aliphatic carbocycles. The molecule has 1 aliphatic heterocycles. The van der Waals surface area contributed by atoms with Crippen molar-refractivity contribution in [3.8, 4) is 0 Å². The van der Waals surface area contributed by atoms with Gasteiger partial charge in [0.15, 0.2) is 0 Å². The molecule has 0 saturated carbocycles. The molecule has 7 nitrogen and oxygen atoms in total. The van der Waals surface area contributed by atoms with Crippen molar-refractivity contribution in [2.24, 2.45) is 7.05 Å². The number of carbonyl (C=O) groups excluding carboxylic acids is 1. The number of hydrogen-bond acceptors (Lipinski definition) is 4. The molecule has 0 bridgehead atoms. The van der Waals surface area contributed by atoms with E-state index in [4.69, 9.17) is 5.11 Å². The lowest BCUT2D eigenvalue weighted by atomic mass is 9.96. The second kappa shape index (κ2) is 7.29. The molecule has 1 aromatic carbocycles. The molecule has 1 aliphatic rings. The summed E-state index contributed by atoms with van der Waals surface area (Å²) >= 11 is 0. The Morgan fingerprint density at radius 1 is 1.20 bits per heavy atom. The summed E-state index contributed by atoms with van der Waals surface area (Å²) in [5.74, 6) is 0.321. The number of hydrogen-bond donors (Lipinski definition) is 1. The Hall–Kier alpha value is -2.96. The fourth-order valence-corrected chi connectivity index (χ4v) is 3.03. The van der Waals surface area contributed by atoms with Crippen LogP contribution in [0.1, 0.15) is 40.5 Å². The molecule has 0 atom stereocenters. The Balaban J connectivity index is 1.55. The van der Waals surface area contributed by atoms with Gasteiger partial charge in [-0.05, 0) is 36.6 Å². The summed E-state index contributed by atoms with van der Waals surface area (Å²) in [6.45, 7) is 1.39. The zero-order valence-corrected chi connectivity index (χ0v) is 14.0. The Bertz CT molecular complexity index is 787. The van der Waals surface area contributed by atoms with E-state index >= 15 is 0 Å². The molecule has 130 valence electrons. The van der Waals surface area contributed by atoms with Gasteiger partial charge in [-0.2, -0.15) is 0 Å². The first-order chi connectivity index (χ1) is 12.0. The third-order valence-corrected chi connectivity index (χ3v) is 4.49. The zero-order chi connectivity index (χ0) is 17.8. The second-order valence-electron chi connectivity index (χ2n) is 6.16. The number of likely N-dealkylation sites (tertiary alicyclic amines) is 1. The maximum absolute atomic E-state index is 12.3. The number of amides is 1. The van der Waals surface area contributed by atoms with E-state index in [1.54, 1.807) is 30.6 Å². The van der Waals surface area contributed by atoms with Gasteiger partial charge in [0.1, 0.15) is 12.2 Å². The molecule has 1 fully saturated rings. The molecule has 0 unspecified atom stereocenters. The summed E-state index contributed by atoms with van der Waals surface area (Å²) < 4.78 is 1.93. The Labute approximate surface area is 145 Å². The Kier molecular flexibility index (Phi) is 4.92. The van der Waals surface area contributed by atoms with Crippen LogP contribution in [0.15, 0.2) is 36.7 Å². The number of aromatic carboxylic acids is 1. The van der Waals surface area contributed by atoms with Crippen LogP contribution >= 0.6 is 0 Å². The van der Waals surface area contributed by atoms with Crippen LogP contribution in [0.4, 0.5) is 0 Å². The van der Waals surface area contributed by atoms with Gasteiger partial charge in [0.2, 0.25) is 5.91 Å². The van der Waals surface area contributed by atoms with Crippen molar-refractivity contribution < 1.29 is 14.7 Å². The quantitative estimate of drug-likeness (QED) is 0.859. The van der Waals surface area contributed by atoms with E-state index in [0.29, 0.717) is 19.0 Å². The summed E-state index contributed by atoms with van der Waals surface area (Å²) in [5.41, 5.74) is 1.03. The highest BCUT2D eigenvalue weighted by Gasteiger charge is 2.25. The van der Waals surface area contributed by atoms with E-state index in [1.165, 1.54) is 12.1 Å². The van der Waals surface area contributed by atoms with Gasteiger partial charge in [-0.3, -0.25) is 4.79 Å². The molecule has 2 heterocycles. The molecular weight excluding hydrogens is 320 g/mol. The predicted octanol–water partition coefficient (Wildman–Crippen LogP) is 1.93. The predicted molar refractivity (Wildman–Crippen MR) is 92.0 cm³/mol. The summed E-state index contributed by atoms with van der Waals surface area (Å²) in [5, 5.41) is 17.0. The van der Waals surface area contributed by atoms with E-state index in [1.807, 2.05) is 16.5 Å². The van der Waals surface area contributed by atoms with Crippen molar-refractivity contribution in [1.29, 1.82) is 0 Å². The van der Waals surface area contributed by atoms with Crippen molar-refractivity contribution >= 4 is 18.0 Å². The fourth-order valence-electron chi connectivity index (χ4n) is 3.03. The lowest BCUT2D eigenvalue weighted by Gasteiger charge is -2.30. The van der Waals surface area contributed by atoms with Crippen LogP contribution in [0.3, 0.4) is 0 Å². The standard InChI is InChI=1S/C18H20N4O3/c1-21-12-19-20-17(21)14-8-10-22(11-9-14)16(23)7-4-13-2-5-15(6-3-13)18(24)25/h2-7,12,14H,8-11H2,1H3,(H,24,25)/b7-4+. The summed E-state index contributed by atoms with van der Waals surface area (Å²) in [6.07, 6.45) is 6.70.